The SMILES string of the molecule is O=C(/C=C/Nc1cccc2cccnc12)C(F)(F)F. The molecule has 0 radical (unpaired) electrons. The van der Waals surface area contributed by atoms with E-state index in [9.17, 15) is 18.0 Å². The van der Waals surface area contributed by atoms with Crippen molar-refractivity contribution in [2.45, 2.75) is 6.18 Å². The van der Waals surface area contributed by atoms with Crippen LogP contribution in [-0.2, 0) is 4.79 Å². The molecule has 1 N–H and O–H groups in total. The topological polar surface area (TPSA) is 42.0 Å². The van der Waals surface area contributed by atoms with Gasteiger partial charge in [-0.3, -0.25) is 9.78 Å². The van der Waals surface area contributed by atoms with E-state index in [4.69, 9.17) is 0 Å². The lowest BCUT2D eigenvalue weighted by Gasteiger charge is -2.05. The molecule has 0 atom stereocenters. The molecule has 0 aliphatic carbocycles. The molecule has 19 heavy (non-hydrogen) atoms. The molecule has 0 saturated carbocycles. The van der Waals surface area contributed by atoms with Crippen LogP contribution in [0.5, 0.6) is 0 Å². The van der Waals surface area contributed by atoms with Gasteiger partial charge in [-0.05, 0) is 12.1 Å². The molecule has 0 unspecified atom stereocenters. The van der Waals surface area contributed by atoms with E-state index in [1.54, 1.807) is 24.4 Å². The van der Waals surface area contributed by atoms with Crippen LogP contribution in [0.15, 0.2) is 48.8 Å². The van der Waals surface area contributed by atoms with Crippen LogP contribution >= 0.6 is 0 Å². The maximum Gasteiger partial charge on any atom is 0.454 e. The number of alkyl halides is 3. The number of rotatable bonds is 3. The number of anilines is 1. The summed E-state index contributed by atoms with van der Waals surface area (Å²) in [6.07, 6.45) is -1.87. The zero-order valence-electron chi connectivity index (χ0n) is 9.61. The molecule has 1 aromatic heterocycles. The van der Waals surface area contributed by atoms with Crippen molar-refractivity contribution in [3.63, 3.8) is 0 Å². The number of carbonyl (C=O) groups is 1. The Balaban J connectivity index is 2.19. The van der Waals surface area contributed by atoms with Crippen LogP contribution in [-0.4, -0.2) is 16.9 Å². The molecule has 1 heterocycles. The van der Waals surface area contributed by atoms with E-state index >= 15 is 0 Å². The maximum atomic E-state index is 12.0. The predicted molar refractivity (Wildman–Crippen MR) is 65.6 cm³/mol. The number of para-hydroxylation sites is 1. The first-order chi connectivity index (χ1) is 8.98. The first-order valence-corrected chi connectivity index (χ1v) is 5.36. The summed E-state index contributed by atoms with van der Waals surface area (Å²) >= 11 is 0. The van der Waals surface area contributed by atoms with Gasteiger partial charge in [0.15, 0.2) is 0 Å². The minimum atomic E-state index is -4.85. The average molecular weight is 266 g/mol. The van der Waals surface area contributed by atoms with Crippen molar-refractivity contribution in [3.8, 4) is 0 Å². The summed E-state index contributed by atoms with van der Waals surface area (Å²) in [4.78, 5) is 14.8. The lowest BCUT2D eigenvalue weighted by molar-refractivity contribution is -0.165. The summed E-state index contributed by atoms with van der Waals surface area (Å²) in [5.41, 5.74) is 1.15. The number of aromatic nitrogens is 1. The third-order valence-corrected chi connectivity index (χ3v) is 2.39. The van der Waals surface area contributed by atoms with E-state index in [-0.39, 0.29) is 0 Å². The van der Waals surface area contributed by atoms with E-state index in [2.05, 4.69) is 10.3 Å². The maximum absolute atomic E-state index is 12.0. The van der Waals surface area contributed by atoms with Gasteiger partial charge in [0.05, 0.1) is 11.2 Å². The number of pyridine rings is 1. The highest BCUT2D eigenvalue weighted by molar-refractivity contribution is 5.95. The Morgan fingerprint density at radius 1 is 1.21 bits per heavy atom. The number of hydrogen-bond acceptors (Lipinski definition) is 3. The second-order valence-corrected chi connectivity index (χ2v) is 3.72. The van der Waals surface area contributed by atoms with Crippen LogP contribution < -0.4 is 5.32 Å². The van der Waals surface area contributed by atoms with Gasteiger partial charge in [0.1, 0.15) is 0 Å². The summed E-state index contributed by atoms with van der Waals surface area (Å²) in [6.45, 7) is 0. The zero-order valence-corrected chi connectivity index (χ0v) is 9.61. The van der Waals surface area contributed by atoms with Crippen molar-refractivity contribution in [1.29, 1.82) is 0 Å². The molecule has 0 bridgehead atoms. The number of allylic oxidation sites excluding steroid dienone is 1. The van der Waals surface area contributed by atoms with Crippen LogP contribution in [0.1, 0.15) is 0 Å². The van der Waals surface area contributed by atoms with E-state index in [1.165, 1.54) is 0 Å². The van der Waals surface area contributed by atoms with Crippen LogP contribution in [0, 0.1) is 0 Å². The Labute approximate surface area is 106 Å². The molecular formula is C13H9F3N2O. The number of nitrogens with zero attached hydrogens (tertiary/aromatic N) is 1. The van der Waals surface area contributed by atoms with Crippen molar-refractivity contribution >= 4 is 22.4 Å². The molecule has 3 nitrogen and oxygen atoms in total. The van der Waals surface area contributed by atoms with Crippen LogP contribution in [0.25, 0.3) is 10.9 Å². The first kappa shape index (κ1) is 13.1. The molecule has 0 fully saturated rings. The van der Waals surface area contributed by atoms with Crippen molar-refractivity contribution < 1.29 is 18.0 Å². The summed E-state index contributed by atoms with van der Waals surface area (Å²) < 4.78 is 36.0. The van der Waals surface area contributed by atoms with E-state index in [1.807, 2.05) is 12.1 Å². The molecule has 0 spiro atoms. The van der Waals surface area contributed by atoms with Gasteiger partial charge >= 0.3 is 6.18 Å². The van der Waals surface area contributed by atoms with Crippen LogP contribution in [0.2, 0.25) is 0 Å². The Morgan fingerprint density at radius 2 is 1.95 bits per heavy atom. The fraction of sp³-hybridized carbons (Fsp3) is 0.0769. The normalized spacial score (nSPS) is 11.9. The molecule has 0 saturated heterocycles. The second-order valence-electron chi connectivity index (χ2n) is 3.72. The van der Waals surface area contributed by atoms with Gasteiger partial charge in [-0.25, -0.2) is 0 Å². The number of carbonyl (C=O) groups excluding carboxylic acids is 1. The second kappa shape index (κ2) is 5.09. The molecule has 6 heteroatoms. The smallest absolute Gasteiger partial charge is 0.360 e. The highest BCUT2D eigenvalue weighted by atomic mass is 19.4. The number of hydrogen-bond donors (Lipinski definition) is 1. The van der Waals surface area contributed by atoms with Crippen molar-refractivity contribution in [2.24, 2.45) is 0 Å². The quantitative estimate of drug-likeness (QED) is 0.867. The molecule has 2 rings (SSSR count). The lowest BCUT2D eigenvalue weighted by atomic mass is 10.2. The molecule has 0 aliphatic rings. The number of halogens is 3. The monoisotopic (exact) mass is 266 g/mol. The predicted octanol–water partition coefficient (Wildman–Crippen LogP) is 3.29. The third-order valence-electron chi connectivity index (χ3n) is 2.39. The van der Waals surface area contributed by atoms with Crippen molar-refractivity contribution in [1.82, 2.24) is 4.98 Å². The van der Waals surface area contributed by atoms with Gasteiger partial charge in [-0.2, -0.15) is 13.2 Å². The van der Waals surface area contributed by atoms with Crippen LogP contribution in [0.4, 0.5) is 18.9 Å². The zero-order chi connectivity index (χ0) is 13.9. The minimum Gasteiger partial charge on any atom is -0.360 e. The molecule has 0 aliphatic heterocycles. The number of benzene rings is 1. The Bertz CT molecular complexity index is 630. The van der Waals surface area contributed by atoms with Crippen LogP contribution in [0.3, 0.4) is 0 Å². The molecule has 1 aromatic carbocycles. The van der Waals surface area contributed by atoms with Gasteiger partial charge < -0.3 is 5.32 Å². The molecule has 2 aromatic rings. The number of fused-ring (bicyclic) bond motifs is 1. The summed E-state index contributed by atoms with van der Waals surface area (Å²) in [5.74, 6) is -1.91. The highest BCUT2D eigenvalue weighted by Gasteiger charge is 2.35. The summed E-state index contributed by atoms with van der Waals surface area (Å²) in [7, 11) is 0. The Kier molecular flexibility index (Phi) is 3.50. The summed E-state index contributed by atoms with van der Waals surface area (Å²) in [5, 5.41) is 3.48. The molecular weight excluding hydrogens is 257 g/mol. The van der Waals surface area contributed by atoms with Gasteiger partial charge in [-0.15, -0.1) is 0 Å². The highest BCUT2D eigenvalue weighted by Crippen LogP contribution is 2.21. The van der Waals surface area contributed by atoms with Gasteiger partial charge in [0, 0.05) is 23.9 Å². The fourth-order valence-corrected chi connectivity index (χ4v) is 1.52. The molecule has 0 amide bonds. The van der Waals surface area contributed by atoms with Gasteiger partial charge in [0.25, 0.3) is 5.78 Å². The summed E-state index contributed by atoms with van der Waals surface area (Å²) in [6, 6.07) is 8.83. The van der Waals surface area contributed by atoms with E-state index in [0.29, 0.717) is 17.3 Å². The van der Waals surface area contributed by atoms with E-state index in [0.717, 1.165) is 11.6 Å². The van der Waals surface area contributed by atoms with Crippen molar-refractivity contribution in [3.05, 3.63) is 48.8 Å². The van der Waals surface area contributed by atoms with Crippen molar-refractivity contribution in [2.75, 3.05) is 5.32 Å². The number of nitrogens with one attached hydrogen (secondary N) is 1. The standard InChI is InChI=1S/C13H9F3N2O/c14-13(15,16)11(19)6-8-17-10-5-1-3-9-4-2-7-18-12(9)10/h1-8,17H/b8-6+. The largest absolute Gasteiger partial charge is 0.454 e. The average Bonchev–Trinajstić information content (AvgIpc) is 2.38. The lowest BCUT2D eigenvalue weighted by Crippen LogP contribution is -2.20. The van der Waals surface area contributed by atoms with Gasteiger partial charge in [-0.1, -0.05) is 18.2 Å². The third kappa shape index (κ3) is 3.09. The first-order valence-electron chi connectivity index (χ1n) is 5.36. The Hall–Kier alpha value is -2.37. The van der Waals surface area contributed by atoms with E-state index < -0.39 is 12.0 Å². The molecule has 98 valence electrons. The minimum absolute atomic E-state index is 0.446. The Morgan fingerprint density at radius 3 is 2.68 bits per heavy atom. The number of ketones is 1. The fourth-order valence-electron chi connectivity index (χ4n) is 1.52. The van der Waals surface area contributed by atoms with Gasteiger partial charge in [0.2, 0.25) is 0 Å².